The van der Waals surface area contributed by atoms with Gasteiger partial charge < -0.3 is 14.9 Å². The van der Waals surface area contributed by atoms with Gasteiger partial charge in [-0.05, 0) is 79.5 Å². The maximum atomic E-state index is 13.6. The monoisotopic (exact) mass is 439 g/mol. The fraction of sp³-hybridized carbons (Fsp3) is 0.593. The summed E-state index contributed by atoms with van der Waals surface area (Å²) in [6.45, 7) is 5.28. The van der Waals surface area contributed by atoms with Gasteiger partial charge in [-0.1, -0.05) is 32.0 Å². The van der Waals surface area contributed by atoms with E-state index in [1.165, 1.54) is 12.1 Å². The number of pyridine rings is 1. The van der Waals surface area contributed by atoms with Gasteiger partial charge in [-0.15, -0.1) is 0 Å². The van der Waals surface area contributed by atoms with Gasteiger partial charge in [0.1, 0.15) is 5.82 Å². The summed E-state index contributed by atoms with van der Waals surface area (Å²) in [6.07, 6.45) is 6.94. The summed E-state index contributed by atoms with van der Waals surface area (Å²) in [5, 5.41) is 21.0. The number of aryl methyl sites for hydroxylation is 1. The van der Waals surface area contributed by atoms with Crippen LogP contribution in [0.25, 0.3) is 11.1 Å². The molecule has 4 nitrogen and oxygen atoms in total. The first-order valence-electron chi connectivity index (χ1n) is 11.9. The first-order chi connectivity index (χ1) is 15.3. The minimum absolute atomic E-state index is 0.0259. The number of fused-ring (bicyclic) bond motifs is 1. The Morgan fingerprint density at radius 2 is 1.94 bits per heavy atom. The van der Waals surface area contributed by atoms with E-state index < -0.39 is 11.5 Å². The number of aromatic nitrogens is 1. The van der Waals surface area contributed by atoms with Crippen LogP contribution < -0.4 is 0 Å². The van der Waals surface area contributed by atoms with Gasteiger partial charge in [0.05, 0.1) is 24.9 Å². The van der Waals surface area contributed by atoms with E-state index in [0.29, 0.717) is 5.92 Å². The smallest absolute Gasteiger partial charge is 0.123 e. The Morgan fingerprint density at radius 1 is 1.12 bits per heavy atom. The van der Waals surface area contributed by atoms with Crippen molar-refractivity contribution in [1.29, 1.82) is 0 Å². The molecule has 1 spiro atoms. The molecule has 1 aliphatic heterocycles. The Labute approximate surface area is 189 Å². The van der Waals surface area contributed by atoms with Crippen molar-refractivity contribution in [3.8, 4) is 11.1 Å². The Hall–Kier alpha value is -1.82. The average Bonchev–Trinajstić information content (AvgIpc) is 3.56. The Morgan fingerprint density at radius 3 is 2.59 bits per heavy atom. The number of hydrogen-bond acceptors (Lipinski definition) is 4. The Bertz CT molecular complexity index is 975. The van der Waals surface area contributed by atoms with Crippen LogP contribution in [0.4, 0.5) is 4.39 Å². The first kappa shape index (κ1) is 22.0. The van der Waals surface area contributed by atoms with Crippen molar-refractivity contribution in [3.05, 3.63) is 54.1 Å². The second kappa shape index (κ2) is 7.89. The van der Waals surface area contributed by atoms with Crippen LogP contribution in [0.3, 0.4) is 0 Å². The highest BCUT2D eigenvalue weighted by atomic mass is 19.1. The number of aliphatic hydroxyl groups is 2. The molecule has 1 aromatic heterocycles. The van der Waals surface area contributed by atoms with Crippen molar-refractivity contribution in [1.82, 2.24) is 4.98 Å². The lowest BCUT2D eigenvalue weighted by atomic mass is 9.45. The molecule has 0 radical (unpaired) electrons. The van der Waals surface area contributed by atoms with Crippen molar-refractivity contribution in [2.24, 2.45) is 22.7 Å². The summed E-state index contributed by atoms with van der Waals surface area (Å²) in [7, 11) is 0. The molecule has 2 aromatic rings. The summed E-state index contributed by atoms with van der Waals surface area (Å²) < 4.78 is 19.6. The molecule has 1 aromatic carbocycles. The lowest BCUT2D eigenvalue weighted by Crippen LogP contribution is -2.60. The normalized spacial score (nSPS) is 38.5. The van der Waals surface area contributed by atoms with E-state index in [2.05, 4.69) is 18.8 Å². The predicted molar refractivity (Wildman–Crippen MR) is 121 cm³/mol. The third-order valence-electron chi connectivity index (χ3n) is 9.12. The molecule has 0 unspecified atom stereocenters. The number of aliphatic hydroxyl groups excluding tert-OH is 2. The van der Waals surface area contributed by atoms with Crippen molar-refractivity contribution < 1.29 is 19.3 Å². The molecule has 5 heteroatoms. The van der Waals surface area contributed by atoms with Crippen LogP contribution in [-0.2, 0) is 11.2 Å². The highest BCUT2D eigenvalue weighted by Crippen LogP contribution is 2.66. The Balaban J connectivity index is 1.35. The summed E-state index contributed by atoms with van der Waals surface area (Å²) in [5.41, 5.74) is 2.33. The third kappa shape index (κ3) is 3.49. The molecule has 0 bridgehead atoms. The van der Waals surface area contributed by atoms with Crippen LogP contribution in [0, 0.1) is 28.5 Å². The molecule has 2 heterocycles. The molecule has 3 aliphatic rings. The molecule has 5 rings (SSSR count). The fourth-order valence-electron chi connectivity index (χ4n) is 7.13. The van der Waals surface area contributed by atoms with E-state index in [4.69, 9.17) is 4.74 Å². The second-order valence-corrected chi connectivity index (χ2v) is 10.8. The molecule has 2 N–H and O–H groups in total. The van der Waals surface area contributed by atoms with Gasteiger partial charge in [0.15, 0.2) is 0 Å². The number of nitrogens with zero attached hydrogens (tertiary/aromatic N) is 1. The standard InChI is InChI=1S/C27H34FNO3/c1-25-12-11-24(31)26(2,16-30)22(25)10-13-27(17-32-27)23(25)9-8-21-7-6-19(15-29-21)18-4-3-5-20(28)14-18/h3-7,14-15,22-24,30-31H,8-13,16-17H2,1-2H3/t22-,23-,24+,25+,26-,27+/m0/s1. The lowest BCUT2D eigenvalue weighted by molar-refractivity contribution is -0.176. The van der Waals surface area contributed by atoms with E-state index >= 15 is 0 Å². The SMILES string of the molecule is C[C@]1(CO)[C@H]2CC[C@@]3(CO3)[C@@H](CCc3ccc(-c4cccc(F)c4)cn3)[C@]2(C)CC[C@H]1O. The number of benzene rings is 1. The number of rotatable bonds is 5. The molecular weight excluding hydrogens is 405 g/mol. The van der Waals surface area contributed by atoms with Gasteiger partial charge >= 0.3 is 0 Å². The lowest BCUT2D eigenvalue weighted by Gasteiger charge is -2.61. The third-order valence-corrected chi connectivity index (χ3v) is 9.12. The zero-order valence-corrected chi connectivity index (χ0v) is 19.1. The highest BCUT2D eigenvalue weighted by molar-refractivity contribution is 5.62. The minimum atomic E-state index is -0.452. The second-order valence-electron chi connectivity index (χ2n) is 10.8. The zero-order valence-electron chi connectivity index (χ0n) is 19.1. The largest absolute Gasteiger partial charge is 0.396 e. The van der Waals surface area contributed by atoms with Crippen LogP contribution in [-0.4, -0.2) is 40.1 Å². The van der Waals surface area contributed by atoms with Gasteiger partial charge in [-0.25, -0.2) is 4.39 Å². The molecule has 32 heavy (non-hydrogen) atoms. The number of hydrogen-bond donors (Lipinski definition) is 2. The highest BCUT2D eigenvalue weighted by Gasteiger charge is 2.66. The maximum Gasteiger partial charge on any atom is 0.123 e. The summed E-state index contributed by atoms with van der Waals surface area (Å²) in [5.74, 6) is 0.428. The first-order valence-corrected chi connectivity index (χ1v) is 11.9. The van der Waals surface area contributed by atoms with Crippen LogP contribution in [0.15, 0.2) is 42.6 Å². The molecule has 2 aliphatic carbocycles. The summed E-state index contributed by atoms with van der Waals surface area (Å²) in [6, 6.07) is 10.7. The topological polar surface area (TPSA) is 65.9 Å². The van der Waals surface area contributed by atoms with Crippen LogP contribution in [0.2, 0.25) is 0 Å². The molecule has 172 valence electrons. The molecule has 1 saturated heterocycles. The molecule has 0 amide bonds. The van der Waals surface area contributed by atoms with Crippen LogP contribution in [0.5, 0.6) is 0 Å². The van der Waals surface area contributed by atoms with E-state index in [0.717, 1.165) is 62.0 Å². The predicted octanol–water partition coefficient (Wildman–Crippen LogP) is 4.78. The fourth-order valence-corrected chi connectivity index (χ4v) is 7.13. The van der Waals surface area contributed by atoms with E-state index in [9.17, 15) is 14.6 Å². The number of halogens is 1. The average molecular weight is 440 g/mol. The van der Waals surface area contributed by atoms with Crippen LogP contribution >= 0.6 is 0 Å². The van der Waals surface area contributed by atoms with Crippen LogP contribution in [0.1, 0.15) is 51.6 Å². The van der Waals surface area contributed by atoms with Crippen molar-refractivity contribution in [2.45, 2.75) is 64.1 Å². The minimum Gasteiger partial charge on any atom is -0.396 e. The van der Waals surface area contributed by atoms with Crippen molar-refractivity contribution >= 4 is 0 Å². The molecule has 2 saturated carbocycles. The van der Waals surface area contributed by atoms with Crippen molar-refractivity contribution in [2.75, 3.05) is 13.2 Å². The molecular formula is C27H34FNO3. The van der Waals surface area contributed by atoms with E-state index in [-0.39, 0.29) is 29.4 Å². The van der Waals surface area contributed by atoms with Gasteiger partial charge in [0.2, 0.25) is 0 Å². The molecule has 3 fully saturated rings. The number of ether oxygens (including phenoxy) is 1. The van der Waals surface area contributed by atoms with Gasteiger partial charge in [-0.3, -0.25) is 4.98 Å². The summed E-state index contributed by atoms with van der Waals surface area (Å²) >= 11 is 0. The quantitative estimate of drug-likeness (QED) is 0.659. The van der Waals surface area contributed by atoms with E-state index in [1.54, 1.807) is 6.07 Å². The zero-order chi connectivity index (χ0) is 22.6. The number of epoxide rings is 1. The van der Waals surface area contributed by atoms with Gasteiger partial charge in [0, 0.05) is 22.9 Å². The van der Waals surface area contributed by atoms with Crippen molar-refractivity contribution in [3.63, 3.8) is 0 Å². The molecule has 6 atom stereocenters. The van der Waals surface area contributed by atoms with Gasteiger partial charge in [0.25, 0.3) is 0 Å². The summed E-state index contributed by atoms with van der Waals surface area (Å²) in [4.78, 5) is 4.68. The maximum absolute atomic E-state index is 13.6. The van der Waals surface area contributed by atoms with Gasteiger partial charge in [-0.2, -0.15) is 0 Å². The van der Waals surface area contributed by atoms with E-state index in [1.807, 2.05) is 24.4 Å². The Kier molecular flexibility index (Phi) is 5.43.